The molecular weight excluding hydrogens is 362 g/mol. The lowest BCUT2D eigenvalue weighted by Crippen LogP contribution is -2.25. The van der Waals surface area contributed by atoms with E-state index < -0.39 is 5.97 Å². The van der Waals surface area contributed by atoms with Crippen LogP contribution >= 0.6 is 0 Å². The summed E-state index contributed by atoms with van der Waals surface area (Å²) in [6, 6.07) is 3.41. The quantitative estimate of drug-likeness (QED) is 0.794. The summed E-state index contributed by atoms with van der Waals surface area (Å²) in [5.41, 5.74) is 0.389. The van der Waals surface area contributed by atoms with Gasteiger partial charge in [0.05, 0.1) is 17.5 Å². The minimum absolute atomic E-state index is 0.0391. The number of aryl methyl sites for hydroxylation is 1. The average Bonchev–Trinajstić information content (AvgIpc) is 3.19. The van der Waals surface area contributed by atoms with Crippen LogP contribution in [0.1, 0.15) is 43.0 Å². The molecule has 0 spiro atoms. The Hall–Kier alpha value is -2.54. The Balaban J connectivity index is 1.56. The molecular formula is C21H25NO6. The van der Waals surface area contributed by atoms with Crippen molar-refractivity contribution < 1.29 is 24.1 Å². The second-order valence-corrected chi connectivity index (χ2v) is 7.55. The van der Waals surface area contributed by atoms with Gasteiger partial charge in [-0.15, -0.1) is 0 Å². The van der Waals surface area contributed by atoms with E-state index >= 15 is 0 Å². The number of rotatable bonds is 5. The van der Waals surface area contributed by atoms with Crippen molar-refractivity contribution in [1.82, 2.24) is 4.57 Å². The first kappa shape index (κ1) is 18.8. The summed E-state index contributed by atoms with van der Waals surface area (Å²) in [7, 11) is 0. The zero-order valence-corrected chi connectivity index (χ0v) is 16.0. The SMILES string of the molecule is CCn1cc(C(=O)OCC2CCC(CO)CC2)c(=O)c2cc3c(cc21)OCO3. The molecule has 1 aromatic carbocycles. The molecule has 0 unspecified atom stereocenters. The molecule has 0 amide bonds. The molecule has 2 aromatic rings. The van der Waals surface area contributed by atoms with Crippen LogP contribution in [0.25, 0.3) is 10.9 Å². The van der Waals surface area contributed by atoms with Gasteiger partial charge in [-0.05, 0) is 50.5 Å². The highest BCUT2D eigenvalue weighted by atomic mass is 16.7. The Morgan fingerprint density at radius 1 is 1.18 bits per heavy atom. The van der Waals surface area contributed by atoms with Crippen molar-refractivity contribution in [2.24, 2.45) is 11.8 Å². The van der Waals surface area contributed by atoms with Crippen LogP contribution in [-0.4, -0.2) is 35.6 Å². The number of hydrogen-bond donors (Lipinski definition) is 1. The summed E-state index contributed by atoms with van der Waals surface area (Å²) >= 11 is 0. The number of hydrogen-bond acceptors (Lipinski definition) is 6. The van der Waals surface area contributed by atoms with Crippen LogP contribution in [0.2, 0.25) is 0 Å². The first-order chi connectivity index (χ1) is 13.6. The van der Waals surface area contributed by atoms with E-state index in [1.807, 2.05) is 11.5 Å². The highest BCUT2D eigenvalue weighted by Gasteiger charge is 2.24. The summed E-state index contributed by atoms with van der Waals surface area (Å²) < 4.78 is 18.1. The van der Waals surface area contributed by atoms with Crippen LogP contribution < -0.4 is 14.9 Å². The van der Waals surface area contributed by atoms with Crippen LogP contribution in [0.15, 0.2) is 23.1 Å². The van der Waals surface area contributed by atoms with Crippen molar-refractivity contribution in [1.29, 1.82) is 0 Å². The molecule has 2 heterocycles. The number of ether oxygens (including phenoxy) is 3. The zero-order chi connectivity index (χ0) is 19.7. The van der Waals surface area contributed by atoms with Gasteiger partial charge in [0.1, 0.15) is 5.56 Å². The minimum atomic E-state index is -0.587. The largest absolute Gasteiger partial charge is 0.462 e. The molecule has 1 aliphatic carbocycles. The van der Waals surface area contributed by atoms with Crippen LogP contribution in [0.3, 0.4) is 0 Å². The van der Waals surface area contributed by atoms with E-state index in [4.69, 9.17) is 14.2 Å². The van der Waals surface area contributed by atoms with E-state index in [0.29, 0.717) is 41.5 Å². The molecule has 1 N–H and O–H groups in total. The van der Waals surface area contributed by atoms with E-state index in [2.05, 4.69) is 0 Å². The summed E-state index contributed by atoms with van der Waals surface area (Å²) in [6.45, 7) is 3.20. The third-order valence-electron chi connectivity index (χ3n) is 5.81. The van der Waals surface area contributed by atoms with Gasteiger partial charge in [-0.2, -0.15) is 0 Å². The Morgan fingerprint density at radius 3 is 2.54 bits per heavy atom. The van der Waals surface area contributed by atoms with Gasteiger partial charge in [0.25, 0.3) is 0 Å². The number of pyridine rings is 1. The lowest BCUT2D eigenvalue weighted by molar-refractivity contribution is 0.0377. The molecule has 7 nitrogen and oxygen atoms in total. The fourth-order valence-corrected chi connectivity index (χ4v) is 4.04. The average molecular weight is 387 g/mol. The normalized spacial score (nSPS) is 21.1. The maximum absolute atomic E-state index is 12.9. The smallest absolute Gasteiger partial charge is 0.343 e. The number of carbonyl (C=O) groups is 1. The molecule has 0 bridgehead atoms. The van der Waals surface area contributed by atoms with Gasteiger partial charge in [0.15, 0.2) is 11.5 Å². The number of aliphatic hydroxyl groups excluding tert-OH is 1. The lowest BCUT2D eigenvalue weighted by Gasteiger charge is -2.26. The van der Waals surface area contributed by atoms with Gasteiger partial charge in [-0.3, -0.25) is 4.79 Å². The number of nitrogens with zero attached hydrogens (tertiary/aromatic N) is 1. The maximum Gasteiger partial charge on any atom is 0.343 e. The van der Waals surface area contributed by atoms with Gasteiger partial charge in [-0.25, -0.2) is 4.79 Å². The fourth-order valence-electron chi connectivity index (χ4n) is 4.04. The molecule has 150 valence electrons. The van der Waals surface area contributed by atoms with Crippen molar-refractivity contribution >= 4 is 16.9 Å². The van der Waals surface area contributed by atoms with Crippen molar-refractivity contribution in [3.05, 3.63) is 34.1 Å². The highest BCUT2D eigenvalue weighted by molar-refractivity contribution is 5.94. The van der Waals surface area contributed by atoms with Crippen molar-refractivity contribution in [3.8, 4) is 11.5 Å². The molecule has 4 rings (SSSR count). The Morgan fingerprint density at radius 2 is 1.86 bits per heavy atom. The van der Waals surface area contributed by atoms with Crippen LogP contribution in [0, 0.1) is 11.8 Å². The van der Waals surface area contributed by atoms with Crippen molar-refractivity contribution in [3.63, 3.8) is 0 Å². The fraction of sp³-hybridized carbons (Fsp3) is 0.524. The summed E-state index contributed by atoms with van der Waals surface area (Å²) in [4.78, 5) is 25.6. The standard InChI is InChI=1S/C21H25NO6/c1-2-22-9-16(21(25)26-11-14-5-3-13(10-23)4-6-14)20(24)15-7-18-19(8-17(15)22)28-12-27-18/h7-9,13-14,23H,2-6,10-12H2,1H3. The van der Waals surface area contributed by atoms with Crippen LogP contribution in [-0.2, 0) is 11.3 Å². The molecule has 28 heavy (non-hydrogen) atoms. The van der Waals surface area contributed by atoms with Gasteiger partial charge in [0.2, 0.25) is 12.2 Å². The molecule has 2 aliphatic rings. The Labute approximate surface area is 162 Å². The van der Waals surface area contributed by atoms with Gasteiger partial charge < -0.3 is 23.9 Å². The lowest BCUT2D eigenvalue weighted by atomic mass is 9.83. The summed E-state index contributed by atoms with van der Waals surface area (Å²) in [6.07, 6.45) is 5.32. The first-order valence-corrected chi connectivity index (χ1v) is 9.85. The molecule has 7 heteroatoms. The number of esters is 1. The highest BCUT2D eigenvalue weighted by Crippen LogP contribution is 2.35. The zero-order valence-electron chi connectivity index (χ0n) is 16.0. The minimum Gasteiger partial charge on any atom is -0.462 e. The number of carbonyl (C=O) groups excluding carboxylic acids is 1. The number of benzene rings is 1. The van der Waals surface area contributed by atoms with Crippen molar-refractivity contribution in [2.75, 3.05) is 20.0 Å². The molecule has 1 saturated carbocycles. The molecule has 0 radical (unpaired) electrons. The van der Waals surface area contributed by atoms with Crippen LogP contribution in [0.5, 0.6) is 11.5 Å². The van der Waals surface area contributed by atoms with E-state index in [9.17, 15) is 14.7 Å². The first-order valence-electron chi connectivity index (χ1n) is 9.85. The summed E-state index contributed by atoms with van der Waals surface area (Å²) in [5, 5.41) is 9.65. The van der Waals surface area contributed by atoms with E-state index in [1.54, 1.807) is 18.3 Å². The molecule has 1 aliphatic heterocycles. The van der Waals surface area contributed by atoms with E-state index in [1.165, 1.54) is 0 Å². The van der Waals surface area contributed by atoms with Crippen molar-refractivity contribution in [2.45, 2.75) is 39.2 Å². The van der Waals surface area contributed by atoms with Gasteiger partial charge in [0, 0.05) is 25.4 Å². The third-order valence-corrected chi connectivity index (χ3v) is 5.81. The monoisotopic (exact) mass is 387 g/mol. The summed E-state index contributed by atoms with van der Waals surface area (Å²) in [5.74, 6) is 1.17. The number of fused-ring (bicyclic) bond motifs is 2. The molecule has 0 saturated heterocycles. The Kier molecular flexibility index (Phi) is 5.26. The molecule has 1 fully saturated rings. The number of aliphatic hydroxyl groups is 1. The van der Waals surface area contributed by atoms with E-state index in [-0.39, 0.29) is 30.3 Å². The van der Waals surface area contributed by atoms with E-state index in [0.717, 1.165) is 25.7 Å². The second-order valence-electron chi connectivity index (χ2n) is 7.55. The maximum atomic E-state index is 12.9. The van der Waals surface area contributed by atoms with Gasteiger partial charge >= 0.3 is 5.97 Å². The van der Waals surface area contributed by atoms with Gasteiger partial charge in [-0.1, -0.05) is 0 Å². The molecule has 0 atom stereocenters. The van der Waals surface area contributed by atoms with Crippen LogP contribution in [0.4, 0.5) is 0 Å². The predicted molar refractivity (Wildman–Crippen MR) is 103 cm³/mol. The second kappa shape index (κ2) is 7.83. The topological polar surface area (TPSA) is 87.0 Å². The molecule has 1 aromatic heterocycles. The third kappa shape index (κ3) is 3.46. The number of aromatic nitrogens is 1. The predicted octanol–water partition coefficient (Wildman–Crippen LogP) is 2.71. The Bertz CT molecular complexity index is 942.